The summed E-state index contributed by atoms with van der Waals surface area (Å²) in [5.41, 5.74) is 5.39. The quantitative estimate of drug-likeness (QED) is 0.494. The van der Waals surface area contributed by atoms with E-state index in [1.165, 1.54) is 12.8 Å². The van der Waals surface area contributed by atoms with Gasteiger partial charge in [-0.15, -0.1) is 0 Å². The van der Waals surface area contributed by atoms with Crippen molar-refractivity contribution in [1.29, 1.82) is 0 Å². The standard InChI is InChI=1S/C15H26N2O4/c16-13(14(18)19)10-6-7-11-17-15(20)21-12-8-4-2-1-3-5-9-12/h4,8,12-13H,1-3,5-7,9-11,16H2,(H,17,20)(H,18,19). The molecule has 1 rings (SSSR count). The second kappa shape index (κ2) is 10.2. The van der Waals surface area contributed by atoms with Gasteiger partial charge in [0.25, 0.3) is 0 Å². The van der Waals surface area contributed by atoms with Gasteiger partial charge in [-0.2, -0.15) is 0 Å². The molecule has 0 spiro atoms. The number of hydrogen-bond donors (Lipinski definition) is 3. The Balaban J connectivity index is 2.10. The van der Waals surface area contributed by atoms with Crippen molar-refractivity contribution in [2.75, 3.05) is 6.54 Å². The van der Waals surface area contributed by atoms with Crippen LogP contribution < -0.4 is 11.1 Å². The molecule has 0 aromatic heterocycles. The van der Waals surface area contributed by atoms with Crippen molar-refractivity contribution >= 4 is 12.1 Å². The highest BCUT2D eigenvalue weighted by Gasteiger charge is 2.13. The van der Waals surface area contributed by atoms with E-state index in [-0.39, 0.29) is 6.10 Å². The lowest BCUT2D eigenvalue weighted by Crippen LogP contribution is -2.31. The molecule has 0 fully saturated rings. The minimum atomic E-state index is -0.988. The van der Waals surface area contributed by atoms with Gasteiger partial charge >= 0.3 is 12.1 Å². The summed E-state index contributed by atoms with van der Waals surface area (Å²) in [4.78, 5) is 22.2. The lowest BCUT2D eigenvalue weighted by molar-refractivity contribution is -0.138. The molecule has 4 N–H and O–H groups in total. The Kier molecular flexibility index (Phi) is 8.50. The van der Waals surface area contributed by atoms with Gasteiger partial charge in [0.15, 0.2) is 0 Å². The molecule has 1 amide bonds. The third-order valence-electron chi connectivity index (χ3n) is 3.50. The number of alkyl carbamates (subject to hydrolysis) is 1. The number of ether oxygens (including phenoxy) is 1. The second-order valence-corrected chi connectivity index (χ2v) is 5.38. The van der Waals surface area contributed by atoms with E-state index in [1.807, 2.05) is 6.08 Å². The maximum atomic E-state index is 11.6. The van der Waals surface area contributed by atoms with Crippen LogP contribution in [0.15, 0.2) is 12.2 Å². The van der Waals surface area contributed by atoms with Crippen molar-refractivity contribution in [3.05, 3.63) is 12.2 Å². The van der Waals surface area contributed by atoms with Gasteiger partial charge < -0.3 is 20.9 Å². The van der Waals surface area contributed by atoms with Gasteiger partial charge in [-0.25, -0.2) is 4.79 Å². The van der Waals surface area contributed by atoms with Crippen molar-refractivity contribution in [1.82, 2.24) is 5.32 Å². The summed E-state index contributed by atoms with van der Waals surface area (Å²) < 4.78 is 5.34. The SMILES string of the molecule is NC(CCCCNC(=O)OC1C=CCCCCC1)C(=O)O. The van der Waals surface area contributed by atoms with Crippen molar-refractivity contribution < 1.29 is 19.4 Å². The first kappa shape index (κ1) is 17.5. The Hall–Kier alpha value is -1.56. The van der Waals surface area contributed by atoms with Crippen LogP contribution in [-0.2, 0) is 9.53 Å². The number of carbonyl (C=O) groups excluding carboxylic acids is 1. The van der Waals surface area contributed by atoms with E-state index in [2.05, 4.69) is 11.4 Å². The topological polar surface area (TPSA) is 102 Å². The first-order valence-electron chi connectivity index (χ1n) is 7.69. The number of unbranched alkanes of at least 4 members (excludes halogenated alkanes) is 1. The van der Waals surface area contributed by atoms with Crippen LogP contribution in [0.3, 0.4) is 0 Å². The van der Waals surface area contributed by atoms with Crippen LogP contribution in [0, 0.1) is 0 Å². The first-order chi connectivity index (χ1) is 10.1. The van der Waals surface area contributed by atoms with Crippen molar-refractivity contribution in [3.8, 4) is 0 Å². The maximum absolute atomic E-state index is 11.6. The highest BCUT2D eigenvalue weighted by atomic mass is 16.6. The van der Waals surface area contributed by atoms with E-state index in [4.69, 9.17) is 15.6 Å². The summed E-state index contributed by atoms with van der Waals surface area (Å²) in [5.74, 6) is -0.988. The van der Waals surface area contributed by atoms with Crippen LogP contribution in [0.4, 0.5) is 4.79 Å². The molecule has 0 heterocycles. The van der Waals surface area contributed by atoms with E-state index in [9.17, 15) is 9.59 Å². The molecule has 21 heavy (non-hydrogen) atoms. The smallest absolute Gasteiger partial charge is 0.407 e. The summed E-state index contributed by atoms with van der Waals surface area (Å²) in [6.45, 7) is 0.474. The third-order valence-corrected chi connectivity index (χ3v) is 3.50. The molecule has 0 bridgehead atoms. The van der Waals surface area contributed by atoms with E-state index in [0.717, 1.165) is 19.3 Å². The van der Waals surface area contributed by atoms with Gasteiger partial charge in [-0.1, -0.05) is 12.5 Å². The van der Waals surface area contributed by atoms with Crippen LogP contribution in [-0.4, -0.2) is 35.9 Å². The number of carbonyl (C=O) groups is 2. The van der Waals surface area contributed by atoms with Gasteiger partial charge in [-0.3, -0.25) is 4.79 Å². The van der Waals surface area contributed by atoms with Gasteiger partial charge in [0, 0.05) is 6.54 Å². The molecule has 1 aliphatic carbocycles. The molecule has 2 unspecified atom stereocenters. The maximum Gasteiger partial charge on any atom is 0.407 e. The molecule has 0 radical (unpaired) electrons. The summed E-state index contributed by atoms with van der Waals surface area (Å²) >= 11 is 0. The van der Waals surface area contributed by atoms with Gasteiger partial charge in [0.1, 0.15) is 12.1 Å². The first-order valence-corrected chi connectivity index (χ1v) is 7.69. The minimum Gasteiger partial charge on any atom is -0.480 e. The Labute approximate surface area is 125 Å². The number of carboxylic acid groups (broad SMARTS) is 1. The fraction of sp³-hybridized carbons (Fsp3) is 0.733. The zero-order valence-corrected chi connectivity index (χ0v) is 12.4. The number of aliphatic carboxylic acids is 1. The minimum absolute atomic E-state index is 0.134. The number of amides is 1. The number of carboxylic acids is 1. The molecule has 0 aromatic rings. The monoisotopic (exact) mass is 298 g/mol. The lowest BCUT2D eigenvalue weighted by Gasteiger charge is -2.16. The van der Waals surface area contributed by atoms with E-state index in [0.29, 0.717) is 25.8 Å². The van der Waals surface area contributed by atoms with Crippen LogP contribution in [0.2, 0.25) is 0 Å². The normalized spacial score (nSPS) is 20.1. The fourth-order valence-corrected chi connectivity index (χ4v) is 2.21. The van der Waals surface area contributed by atoms with Gasteiger partial charge in [-0.05, 0) is 51.0 Å². The van der Waals surface area contributed by atoms with Crippen LogP contribution >= 0.6 is 0 Å². The molecule has 0 aliphatic heterocycles. The molecule has 0 saturated heterocycles. The fourth-order valence-electron chi connectivity index (χ4n) is 2.21. The molecular formula is C15H26N2O4. The highest BCUT2D eigenvalue weighted by Crippen LogP contribution is 2.14. The predicted molar refractivity (Wildman–Crippen MR) is 80.0 cm³/mol. The predicted octanol–water partition coefficient (Wildman–Crippen LogP) is 2.18. The van der Waals surface area contributed by atoms with Gasteiger partial charge in [0.2, 0.25) is 0 Å². The molecular weight excluding hydrogens is 272 g/mol. The Morgan fingerprint density at radius 1 is 1.33 bits per heavy atom. The van der Waals surface area contributed by atoms with E-state index in [1.54, 1.807) is 0 Å². The molecule has 6 heteroatoms. The summed E-state index contributed by atoms with van der Waals surface area (Å²) in [6.07, 6.45) is 10.6. The second-order valence-electron chi connectivity index (χ2n) is 5.38. The summed E-state index contributed by atoms with van der Waals surface area (Å²) in [6, 6.07) is -0.822. The number of rotatable bonds is 7. The van der Waals surface area contributed by atoms with Crippen LogP contribution in [0.25, 0.3) is 0 Å². The largest absolute Gasteiger partial charge is 0.480 e. The zero-order chi connectivity index (χ0) is 15.5. The molecule has 2 atom stereocenters. The number of allylic oxidation sites excluding steroid dienone is 1. The van der Waals surface area contributed by atoms with Crippen LogP contribution in [0.5, 0.6) is 0 Å². The Bertz CT molecular complexity index is 358. The van der Waals surface area contributed by atoms with Crippen LogP contribution in [0.1, 0.15) is 51.4 Å². The summed E-state index contributed by atoms with van der Waals surface area (Å²) in [7, 11) is 0. The average Bonchev–Trinajstić information content (AvgIpc) is 2.41. The molecule has 6 nitrogen and oxygen atoms in total. The Morgan fingerprint density at radius 2 is 2.14 bits per heavy atom. The molecule has 0 saturated carbocycles. The third kappa shape index (κ3) is 8.34. The Morgan fingerprint density at radius 3 is 2.90 bits per heavy atom. The highest BCUT2D eigenvalue weighted by molar-refractivity contribution is 5.72. The molecule has 0 aromatic carbocycles. The lowest BCUT2D eigenvalue weighted by atomic mass is 10.0. The van der Waals surface area contributed by atoms with E-state index < -0.39 is 18.1 Å². The molecule has 120 valence electrons. The molecule has 1 aliphatic rings. The van der Waals surface area contributed by atoms with E-state index >= 15 is 0 Å². The average molecular weight is 298 g/mol. The zero-order valence-electron chi connectivity index (χ0n) is 12.4. The summed E-state index contributed by atoms with van der Waals surface area (Å²) in [5, 5.41) is 11.3. The van der Waals surface area contributed by atoms with Gasteiger partial charge in [0.05, 0.1) is 0 Å². The number of nitrogens with one attached hydrogen (secondary N) is 1. The number of nitrogens with two attached hydrogens (primary N) is 1. The van der Waals surface area contributed by atoms with Crippen molar-refractivity contribution in [2.45, 2.75) is 63.5 Å². The van der Waals surface area contributed by atoms with Crippen molar-refractivity contribution in [2.24, 2.45) is 5.73 Å². The van der Waals surface area contributed by atoms with Crippen molar-refractivity contribution in [3.63, 3.8) is 0 Å². The number of hydrogen-bond acceptors (Lipinski definition) is 4.